The van der Waals surface area contributed by atoms with Crippen LogP contribution >= 0.6 is 0 Å². The first kappa shape index (κ1) is 14.0. The number of carbonyl (C=O) groups is 1. The van der Waals surface area contributed by atoms with Crippen molar-refractivity contribution >= 4 is 11.5 Å². The zero-order valence-corrected chi connectivity index (χ0v) is 11.5. The van der Waals surface area contributed by atoms with E-state index in [9.17, 15) is 4.79 Å². The minimum atomic E-state index is 0.110. The fraction of sp³-hybridized carbons (Fsp3) is 0.533. The molecule has 0 radical (unpaired) electrons. The Kier molecular flexibility index (Phi) is 5.36. The molecule has 104 valence electrons. The first-order valence-electron chi connectivity index (χ1n) is 6.91. The van der Waals surface area contributed by atoms with Gasteiger partial charge in [-0.15, -0.1) is 0 Å². The molecule has 0 aromatic heterocycles. The zero-order chi connectivity index (χ0) is 13.5. The van der Waals surface area contributed by atoms with Gasteiger partial charge in [0.05, 0.1) is 13.2 Å². The number of anilines is 1. The predicted octanol–water partition coefficient (Wildman–Crippen LogP) is 2.02. The zero-order valence-electron chi connectivity index (χ0n) is 11.5. The van der Waals surface area contributed by atoms with E-state index in [2.05, 4.69) is 10.2 Å². The Morgan fingerprint density at radius 1 is 1.26 bits per heavy atom. The molecule has 0 aliphatic carbocycles. The number of benzene rings is 1. The topological polar surface area (TPSA) is 41.6 Å². The maximum absolute atomic E-state index is 11.2. The van der Waals surface area contributed by atoms with Crippen LogP contribution in [-0.2, 0) is 4.74 Å². The molecule has 0 bridgehead atoms. The second kappa shape index (κ2) is 7.26. The van der Waals surface area contributed by atoms with Crippen LogP contribution in [0.4, 0.5) is 5.69 Å². The van der Waals surface area contributed by atoms with E-state index in [0.29, 0.717) is 0 Å². The summed E-state index contributed by atoms with van der Waals surface area (Å²) in [5.74, 6) is 0.110. The number of nitrogens with zero attached hydrogens (tertiary/aromatic N) is 1. The van der Waals surface area contributed by atoms with Gasteiger partial charge in [-0.2, -0.15) is 0 Å². The van der Waals surface area contributed by atoms with Crippen LogP contribution in [0.3, 0.4) is 0 Å². The SMILES string of the molecule is CC(=O)c1ccc(NCCCN2CCOCC2)cc1. The molecule has 4 heteroatoms. The number of ether oxygens (including phenoxy) is 1. The number of nitrogens with one attached hydrogen (secondary N) is 1. The number of rotatable bonds is 6. The number of carbonyl (C=O) groups excluding carboxylic acids is 1. The standard InChI is InChI=1S/C15H22N2O2/c1-13(18)14-3-5-15(6-4-14)16-7-2-8-17-9-11-19-12-10-17/h3-6,16H,2,7-12H2,1H3. The Morgan fingerprint density at radius 2 is 1.95 bits per heavy atom. The van der Waals surface area contributed by atoms with E-state index in [1.807, 2.05) is 24.3 Å². The van der Waals surface area contributed by atoms with Crippen molar-refractivity contribution in [3.05, 3.63) is 29.8 Å². The second-order valence-corrected chi connectivity index (χ2v) is 4.87. The average Bonchev–Trinajstić information content (AvgIpc) is 2.45. The van der Waals surface area contributed by atoms with Gasteiger partial charge in [0.1, 0.15) is 0 Å². The molecule has 1 aromatic carbocycles. The number of hydrogen-bond donors (Lipinski definition) is 1. The first-order valence-corrected chi connectivity index (χ1v) is 6.91. The van der Waals surface area contributed by atoms with Crippen molar-refractivity contribution in [2.75, 3.05) is 44.7 Å². The Morgan fingerprint density at radius 3 is 2.58 bits per heavy atom. The maximum atomic E-state index is 11.2. The summed E-state index contributed by atoms with van der Waals surface area (Å²) < 4.78 is 5.32. The largest absolute Gasteiger partial charge is 0.385 e. The van der Waals surface area contributed by atoms with Crippen LogP contribution in [0.15, 0.2) is 24.3 Å². The Labute approximate surface area is 114 Å². The Balaban J connectivity index is 1.66. The highest BCUT2D eigenvalue weighted by atomic mass is 16.5. The average molecular weight is 262 g/mol. The molecular weight excluding hydrogens is 240 g/mol. The van der Waals surface area contributed by atoms with Crippen LogP contribution in [0.25, 0.3) is 0 Å². The fourth-order valence-corrected chi connectivity index (χ4v) is 2.18. The van der Waals surface area contributed by atoms with Crippen LogP contribution in [0.5, 0.6) is 0 Å². The van der Waals surface area contributed by atoms with Crippen molar-refractivity contribution in [3.8, 4) is 0 Å². The van der Waals surface area contributed by atoms with Crippen molar-refractivity contribution in [2.45, 2.75) is 13.3 Å². The van der Waals surface area contributed by atoms with Gasteiger partial charge in [-0.05, 0) is 44.2 Å². The normalized spacial score (nSPS) is 16.3. The lowest BCUT2D eigenvalue weighted by molar-refractivity contribution is 0.0378. The van der Waals surface area contributed by atoms with Gasteiger partial charge in [0.2, 0.25) is 0 Å². The second-order valence-electron chi connectivity index (χ2n) is 4.87. The molecule has 0 atom stereocenters. The summed E-state index contributed by atoms with van der Waals surface area (Å²) in [4.78, 5) is 13.6. The van der Waals surface area contributed by atoms with Gasteiger partial charge in [-0.25, -0.2) is 0 Å². The molecule has 1 fully saturated rings. The van der Waals surface area contributed by atoms with Gasteiger partial charge in [-0.3, -0.25) is 9.69 Å². The summed E-state index contributed by atoms with van der Waals surface area (Å²) in [5.41, 5.74) is 1.84. The van der Waals surface area contributed by atoms with Gasteiger partial charge in [0.25, 0.3) is 0 Å². The highest BCUT2D eigenvalue weighted by molar-refractivity contribution is 5.94. The highest BCUT2D eigenvalue weighted by Gasteiger charge is 2.08. The Bertz CT molecular complexity index is 397. The molecule has 0 spiro atoms. The minimum absolute atomic E-state index is 0.110. The molecule has 19 heavy (non-hydrogen) atoms. The van der Waals surface area contributed by atoms with E-state index in [0.717, 1.165) is 57.1 Å². The summed E-state index contributed by atoms with van der Waals surface area (Å²) in [6, 6.07) is 7.66. The first-order chi connectivity index (χ1) is 9.25. The van der Waals surface area contributed by atoms with Crippen molar-refractivity contribution in [3.63, 3.8) is 0 Å². The third kappa shape index (κ3) is 4.65. The molecule has 1 heterocycles. The molecule has 0 unspecified atom stereocenters. The highest BCUT2D eigenvalue weighted by Crippen LogP contribution is 2.10. The molecule has 1 N–H and O–H groups in total. The van der Waals surface area contributed by atoms with Crippen LogP contribution in [-0.4, -0.2) is 50.1 Å². The third-order valence-corrected chi connectivity index (χ3v) is 3.38. The quantitative estimate of drug-likeness (QED) is 0.629. The van der Waals surface area contributed by atoms with E-state index in [4.69, 9.17) is 4.74 Å². The molecule has 1 aromatic rings. The van der Waals surface area contributed by atoms with Gasteiger partial charge in [-0.1, -0.05) is 0 Å². The molecule has 4 nitrogen and oxygen atoms in total. The van der Waals surface area contributed by atoms with Crippen molar-refractivity contribution in [1.82, 2.24) is 4.90 Å². The smallest absolute Gasteiger partial charge is 0.159 e. The van der Waals surface area contributed by atoms with Crippen molar-refractivity contribution < 1.29 is 9.53 Å². The van der Waals surface area contributed by atoms with Crippen molar-refractivity contribution in [1.29, 1.82) is 0 Å². The molecule has 0 saturated carbocycles. The van der Waals surface area contributed by atoms with Gasteiger partial charge < -0.3 is 10.1 Å². The van der Waals surface area contributed by atoms with Crippen LogP contribution in [0, 0.1) is 0 Å². The number of morpholine rings is 1. The van der Waals surface area contributed by atoms with Crippen molar-refractivity contribution in [2.24, 2.45) is 0 Å². The van der Waals surface area contributed by atoms with Gasteiger partial charge in [0, 0.05) is 30.9 Å². The van der Waals surface area contributed by atoms with E-state index < -0.39 is 0 Å². The lowest BCUT2D eigenvalue weighted by Gasteiger charge is -2.26. The third-order valence-electron chi connectivity index (χ3n) is 3.38. The summed E-state index contributed by atoms with van der Waals surface area (Å²) in [5, 5.41) is 3.38. The lowest BCUT2D eigenvalue weighted by atomic mass is 10.1. The number of ketones is 1. The summed E-state index contributed by atoms with van der Waals surface area (Å²) in [7, 11) is 0. The summed E-state index contributed by atoms with van der Waals surface area (Å²) in [6.07, 6.45) is 1.12. The van der Waals surface area contributed by atoms with Crippen LogP contribution in [0.1, 0.15) is 23.7 Å². The molecule has 1 saturated heterocycles. The number of Topliss-reactive ketones (excluding diaryl/α,β-unsaturated/α-hetero) is 1. The fourth-order valence-electron chi connectivity index (χ4n) is 2.18. The summed E-state index contributed by atoms with van der Waals surface area (Å²) in [6.45, 7) is 7.48. The van der Waals surface area contributed by atoms with E-state index in [1.54, 1.807) is 6.92 Å². The van der Waals surface area contributed by atoms with Gasteiger partial charge >= 0.3 is 0 Å². The molecule has 1 aliphatic rings. The van der Waals surface area contributed by atoms with E-state index in [1.165, 1.54) is 0 Å². The van der Waals surface area contributed by atoms with Crippen LogP contribution < -0.4 is 5.32 Å². The van der Waals surface area contributed by atoms with E-state index >= 15 is 0 Å². The van der Waals surface area contributed by atoms with E-state index in [-0.39, 0.29) is 5.78 Å². The minimum Gasteiger partial charge on any atom is -0.385 e. The van der Waals surface area contributed by atoms with Gasteiger partial charge in [0.15, 0.2) is 5.78 Å². The van der Waals surface area contributed by atoms with Crippen LogP contribution in [0.2, 0.25) is 0 Å². The number of hydrogen-bond acceptors (Lipinski definition) is 4. The predicted molar refractivity (Wildman–Crippen MR) is 76.8 cm³/mol. The molecule has 1 aliphatic heterocycles. The molecular formula is C15H22N2O2. The summed E-state index contributed by atoms with van der Waals surface area (Å²) >= 11 is 0. The Hall–Kier alpha value is -1.39. The monoisotopic (exact) mass is 262 g/mol. The molecule has 0 amide bonds. The molecule has 2 rings (SSSR count). The lowest BCUT2D eigenvalue weighted by Crippen LogP contribution is -2.37. The maximum Gasteiger partial charge on any atom is 0.159 e.